The molecule has 2 rings (SSSR count). The number of carbonyl (C=O) groups excluding carboxylic acids is 1. The van der Waals surface area contributed by atoms with E-state index in [4.69, 9.17) is 11.6 Å². The van der Waals surface area contributed by atoms with E-state index in [1.165, 1.54) is 6.07 Å². The Bertz CT molecular complexity index is 484. The Morgan fingerprint density at radius 2 is 2.10 bits per heavy atom. The molecule has 110 valence electrons. The maximum atomic E-state index is 12.4. The van der Waals surface area contributed by atoms with Crippen LogP contribution in [0.3, 0.4) is 0 Å². The number of halogens is 2. The van der Waals surface area contributed by atoms with Crippen molar-refractivity contribution >= 4 is 33.4 Å². The van der Waals surface area contributed by atoms with E-state index in [0.29, 0.717) is 17.1 Å². The molecule has 1 aliphatic heterocycles. The Labute approximate surface area is 132 Å². The van der Waals surface area contributed by atoms with Crippen molar-refractivity contribution in [1.29, 1.82) is 0 Å². The van der Waals surface area contributed by atoms with E-state index >= 15 is 0 Å². The molecule has 0 aromatic heterocycles. The zero-order valence-electron chi connectivity index (χ0n) is 11.2. The maximum absolute atomic E-state index is 12.4. The molecule has 1 aliphatic rings. The van der Waals surface area contributed by atoms with Gasteiger partial charge in [-0.05, 0) is 31.2 Å². The van der Waals surface area contributed by atoms with Gasteiger partial charge in [-0.15, -0.1) is 0 Å². The average molecular weight is 362 g/mol. The number of phenols is 1. The predicted octanol–water partition coefficient (Wildman–Crippen LogP) is 2.59. The molecule has 20 heavy (non-hydrogen) atoms. The van der Waals surface area contributed by atoms with Crippen molar-refractivity contribution in [1.82, 2.24) is 9.80 Å². The fourth-order valence-corrected chi connectivity index (χ4v) is 3.04. The minimum absolute atomic E-state index is 0.0518. The Balaban J connectivity index is 2.05. The number of hydrogen-bond acceptors (Lipinski definition) is 3. The van der Waals surface area contributed by atoms with Crippen LogP contribution in [-0.2, 0) is 0 Å². The summed E-state index contributed by atoms with van der Waals surface area (Å²) >= 11 is 9.23. The summed E-state index contributed by atoms with van der Waals surface area (Å²) in [5.41, 5.74) is 0.323. The fraction of sp³-hybridized carbons (Fsp3) is 0.500. The Morgan fingerprint density at radius 3 is 2.80 bits per heavy atom. The Hall–Kier alpha value is -0.780. The smallest absolute Gasteiger partial charge is 0.257 e. The van der Waals surface area contributed by atoms with E-state index in [1.54, 1.807) is 17.0 Å². The van der Waals surface area contributed by atoms with Crippen LogP contribution in [0.1, 0.15) is 16.8 Å². The molecule has 0 atom stereocenters. The molecule has 1 heterocycles. The number of alkyl halides is 1. The van der Waals surface area contributed by atoms with Crippen LogP contribution in [0.15, 0.2) is 18.2 Å². The highest BCUT2D eigenvalue weighted by Crippen LogP contribution is 2.23. The van der Waals surface area contributed by atoms with Crippen LogP contribution in [0.4, 0.5) is 0 Å². The summed E-state index contributed by atoms with van der Waals surface area (Å²) in [7, 11) is 0. The zero-order chi connectivity index (χ0) is 14.5. The van der Waals surface area contributed by atoms with E-state index in [9.17, 15) is 9.90 Å². The summed E-state index contributed by atoms with van der Waals surface area (Å²) in [6, 6.07) is 4.62. The van der Waals surface area contributed by atoms with Gasteiger partial charge >= 0.3 is 0 Å². The molecule has 0 radical (unpaired) electrons. The van der Waals surface area contributed by atoms with Gasteiger partial charge in [-0.3, -0.25) is 4.79 Å². The monoisotopic (exact) mass is 360 g/mol. The van der Waals surface area contributed by atoms with Gasteiger partial charge in [0.2, 0.25) is 0 Å². The molecule has 0 saturated carbocycles. The lowest BCUT2D eigenvalue weighted by molar-refractivity contribution is 0.0759. The SMILES string of the molecule is O=C(c1ccc(Cl)cc1O)N1CCCN(CCBr)CC1. The van der Waals surface area contributed by atoms with Crippen molar-refractivity contribution in [3.63, 3.8) is 0 Å². The van der Waals surface area contributed by atoms with Crippen molar-refractivity contribution in [3.05, 3.63) is 28.8 Å². The molecule has 1 N–H and O–H groups in total. The molecule has 0 spiro atoms. The van der Waals surface area contributed by atoms with Crippen molar-refractivity contribution < 1.29 is 9.90 Å². The molecule has 0 bridgehead atoms. The number of carbonyl (C=O) groups is 1. The highest BCUT2D eigenvalue weighted by molar-refractivity contribution is 9.09. The quantitative estimate of drug-likeness (QED) is 0.842. The molecule has 1 saturated heterocycles. The fourth-order valence-electron chi connectivity index (χ4n) is 2.37. The lowest BCUT2D eigenvalue weighted by Crippen LogP contribution is -2.35. The second-order valence-electron chi connectivity index (χ2n) is 4.84. The van der Waals surface area contributed by atoms with Gasteiger partial charge in [-0.1, -0.05) is 27.5 Å². The molecular weight excluding hydrogens is 344 g/mol. The summed E-state index contributed by atoms with van der Waals surface area (Å²) in [5, 5.41) is 11.2. The second-order valence-corrected chi connectivity index (χ2v) is 6.07. The van der Waals surface area contributed by atoms with Gasteiger partial charge in [0.1, 0.15) is 5.75 Å². The molecule has 0 aliphatic carbocycles. The third-order valence-corrected chi connectivity index (χ3v) is 4.06. The van der Waals surface area contributed by atoms with E-state index in [0.717, 1.165) is 37.9 Å². The number of hydrogen-bond donors (Lipinski definition) is 1. The molecule has 6 heteroatoms. The minimum Gasteiger partial charge on any atom is -0.507 e. The topological polar surface area (TPSA) is 43.8 Å². The summed E-state index contributed by atoms with van der Waals surface area (Å²) < 4.78 is 0. The first kappa shape index (κ1) is 15.6. The second kappa shape index (κ2) is 7.29. The van der Waals surface area contributed by atoms with Crippen LogP contribution >= 0.6 is 27.5 Å². The third kappa shape index (κ3) is 3.87. The van der Waals surface area contributed by atoms with E-state index in [-0.39, 0.29) is 11.7 Å². The summed E-state index contributed by atoms with van der Waals surface area (Å²) in [4.78, 5) is 16.6. The lowest BCUT2D eigenvalue weighted by Gasteiger charge is -2.22. The largest absolute Gasteiger partial charge is 0.507 e. The van der Waals surface area contributed by atoms with Crippen LogP contribution < -0.4 is 0 Å². The van der Waals surface area contributed by atoms with Gasteiger partial charge in [0.25, 0.3) is 5.91 Å². The molecule has 0 unspecified atom stereocenters. The highest BCUT2D eigenvalue weighted by atomic mass is 79.9. The Kier molecular flexibility index (Phi) is 5.69. The molecule has 1 amide bonds. The molecular formula is C14H18BrClN2O2. The third-order valence-electron chi connectivity index (χ3n) is 3.47. The normalized spacial score (nSPS) is 17.0. The number of aromatic hydroxyl groups is 1. The van der Waals surface area contributed by atoms with Crippen molar-refractivity contribution in [2.24, 2.45) is 0 Å². The number of rotatable bonds is 3. The lowest BCUT2D eigenvalue weighted by atomic mass is 10.1. The summed E-state index contributed by atoms with van der Waals surface area (Å²) in [5.74, 6) is -0.177. The van der Waals surface area contributed by atoms with E-state index in [2.05, 4.69) is 20.8 Å². The molecule has 1 aromatic rings. The highest BCUT2D eigenvalue weighted by Gasteiger charge is 2.22. The van der Waals surface area contributed by atoms with Crippen LogP contribution in [-0.4, -0.2) is 58.9 Å². The van der Waals surface area contributed by atoms with Gasteiger partial charge in [-0.2, -0.15) is 0 Å². The van der Waals surface area contributed by atoms with Crippen LogP contribution in [0, 0.1) is 0 Å². The van der Waals surface area contributed by atoms with Gasteiger partial charge in [-0.25, -0.2) is 0 Å². The standard InChI is InChI=1S/C14H18BrClN2O2/c15-4-7-17-5-1-6-18(9-8-17)14(20)12-3-2-11(16)10-13(12)19/h2-3,10,19H,1,4-9H2. The van der Waals surface area contributed by atoms with Crippen molar-refractivity contribution in [2.45, 2.75) is 6.42 Å². The summed E-state index contributed by atoms with van der Waals surface area (Å²) in [6.07, 6.45) is 0.951. The molecule has 4 nitrogen and oxygen atoms in total. The van der Waals surface area contributed by atoms with Gasteiger partial charge in [0, 0.05) is 36.5 Å². The number of benzene rings is 1. The van der Waals surface area contributed by atoms with Crippen LogP contribution in [0.2, 0.25) is 5.02 Å². The number of phenolic OH excluding ortho intramolecular Hbond substituents is 1. The first-order chi connectivity index (χ1) is 9.61. The molecule has 1 aromatic carbocycles. The van der Waals surface area contributed by atoms with Gasteiger partial charge in [0.15, 0.2) is 0 Å². The average Bonchev–Trinajstić information content (AvgIpc) is 2.64. The van der Waals surface area contributed by atoms with Crippen LogP contribution in [0.25, 0.3) is 0 Å². The van der Waals surface area contributed by atoms with Gasteiger partial charge < -0.3 is 14.9 Å². The minimum atomic E-state index is -0.125. The zero-order valence-corrected chi connectivity index (χ0v) is 13.5. The first-order valence-corrected chi connectivity index (χ1v) is 8.18. The van der Waals surface area contributed by atoms with Crippen LogP contribution in [0.5, 0.6) is 5.75 Å². The first-order valence-electron chi connectivity index (χ1n) is 6.68. The van der Waals surface area contributed by atoms with E-state index < -0.39 is 0 Å². The Morgan fingerprint density at radius 1 is 1.30 bits per heavy atom. The maximum Gasteiger partial charge on any atom is 0.257 e. The van der Waals surface area contributed by atoms with Crippen molar-refractivity contribution in [3.8, 4) is 5.75 Å². The van der Waals surface area contributed by atoms with Crippen molar-refractivity contribution in [2.75, 3.05) is 38.1 Å². The number of amides is 1. The molecule has 1 fully saturated rings. The van der Waals surface area contributed by atoms with E-state index in [1.807, 2.05) is 0 Å². The van der Waals surface area contributed by atoms with Gasteiger partial charge in [0.05, 0.1) is 5.56 Å². The predicted molar refractivity (Wildman–Crippen MR) is 83.9 cm³/mol. The summed E-state index contributed by atoms with van der Waals surface area (Å²) in [6.45, 7) is 4.27. The number of nitrogens with zero attached hydrogens (tertiary/aromatic N) is 2.